The number of furan rings is 1. The number of hydrogen-bond acceptors (Lipinski definition) is 3. The van der Waals surface area contributed by atoms with Crippen LogP contribution in [-0.2, 0) is 13.6 Å². The number of nitrogens with two attached hydrogens (primary N) is 1. The van der Waals surface area contributed by atoms with Crippen LogP contribution in [0.1, 0.15) is 11.3 Å². The summed E-state index contributed by atoms with van der Waals surface area (Å²) in [6.45, 7) is 2.46. The van der Waals surface area contributed by atoms with Crippen LogP contribution in [0.25, 0.3) is 22.4 Å². The molecule has 3 aromatic rings. The van der Waals surface area contributed by atoms with Crippen molar-refractivity contribution >= 4 is 11.0 Å². The molecule has 0 aliphatic carbocycles. The van der Waals surface area contributed by atoms with Gasteiger partial charge in [-0.05, 0) is 30.7 Å². The molecule has 18 heavy (non-hydrogen) atoms. The summed E-state index contributed by atoms with van der Waals surface area (Å²) in [6, 6.07) is 8.12. The number of fused-ring (bicyclic) bond motifs is 1. The molecule has 0 unspecified atom stereocenters. The Kier molecular flexibility index (Phi) is 2.45. The van der Waals surface area contributed by atoms with Crippen molar-refractivity contribution in [3.05, 3.63) is 41.9 Å². The maximum atomic E-state index is 5.65. The van der Waals surface area contributed by atoms with Crippen LogP contribution < -0.4 is 5.73 Å². The summed E-state index contributed by atoms with van der Waals surface area (Å²) >= 11 is 0. The molecular formula is C14H15N3O. The van der Waals surface area contributed by atoms with E-state index in [9.17, 15) is 0 Å². The molecule has 0 spiro atoms. The highest BCUT2D eigenvalue weighted by molar-refractivity contribution is 5.81. The van der Waals surface area contributed by atoms with Crippen LogP contribution in [0.2, 0.25) is 0 Å². The highest BCUT2D eigenvalue weighted by Crippen LogP contribution is 2.25. The zero-order valence-electron chi connectivity index (χ0n) is 10.5. The first-order valence-corrected chi connectivity index (χ1v) is 5.90. The molecule has 0 bridgehead atoms. The fourth-order valence-corrected chi connectivity index (χ4v) is 2.19. The standard InChI is InChI=1S/C14H15N3O/c1-9-5-11(8-18-9)14-16-12-6-10(7-15)3-4-13(12)17(14)2/h3-6,8H,7,15H2,1-2H3. The molecule has 3 rings (SSSR count). The van der Waals surface area contributed by atoms with E-state index in [-0.39, 0.29) is 0 Å². The van der Waals surface area contributed by atoms with Gasteiger partial charge in [0.15, 0.2) is 0 Å². The van der Waals surface area contributed by atoms with Crippen LogP contribution >= 0.6 is 0 Å². The third-order valence-corrected chi connectivity index (χ3v) is 3.17. The summed E-state index contributed by atoms with van der Waals surface area (Å²) in [5.41, 5.74) is 9.81. The largest absolute Gasteiger partial charge is 0.469 e. The molecule has 4 nitrogen and oxygen atoms in total. The van der Waals surface area contributed by atoms with Gasteiger partial charge in [0.25, 0.3) is 0 Å². The van der Waals surface area contributed by atoms with Crippen molar-refractivity contribution in [2.75, 3.05) is 0 Å². The number of aromatic nitrogens is 2. The predicted molar refractivity (Wildman–Crippen MR) is 71.0 cm³/mol. The van der Waals surface area contributed by atoms with Crippen LogP contribution in [-0.4, -0.2) is 9.55 Å². The Labute approximate surface area is 105 Å². The first-order valence-electron chi connectivity index (χ1n) is 5.90. The predicted octanol–water partition coefficient (Wildman–Crippen LogP) is 2.60. The lowest BCUT2D eigenvalue weighted by Crippen LogP contribution is -1.95. The molecule has 0 aliphatic heterocycles. The zero-order chi connectivity index (χ0) is 12.7. The number of nitrogens with zero attached hydrogens (tertiary/aromatic N) is 2. The lowest BCUT2D eigenvalue weighted by atomic mass is 10.2. The van der Waals surface area contributed by atoms with Gasteiger partial charge in [-0.15, -0.1) is 0 Å². The number of benzene rings is 1. The van der Waals surface area contributed by atoms with Crippen molar-refractivity contribution in [1.29, 1.82) is 0 Å². The molecule has 0 fully saturated rings. The molecule has 2 heterocycles. The zero-order valence-corrected chi connectivity index (χ0v) is 10.5. The van der Waals surface area contributed by atoms with Gasteiger partial charge in [-0.2, -0.15) is 0 Å². The molecule has 4 heteroatoms. The fraction of sp³-hybridized carbons (Fsp3) is 0.214. The SMILES string of the molecule is Cc1cc(-c2nc3cc(CN)ccc3n2C)co1. The van der Waals surface area contributed by atoms with Crippen LogP contribution in [0, 0.1) is 6.92 Å². The second-order valence-corrected chi connectivity index (χ2v) is 4.47. The number of hydrogen-bond donors (Lipinski definition) is 1. The Morgan fingerprint density at radius 3 is 2.83 bits per heavy atom. The summed E-state index contributed by atoms with van der Waals surface area (Å²) < 4.78 is 7.41. The summed E-state index contributed by atoms with van der Waals surface area (Å²) in [5, 5.41) is 0. The highest BCUT2D eigenvalue weighted by atomic mass is 16.3. The van der Waals surface area contributed by atoms with E-state index in [1.165, 1.54) is 0 Å². The molecule has 92 valence electrons. The van der Waals surface area contributed by atoms with Crippen molar-refractivity contribution in [3.63, 3.8) is 0 Å². The molecule has 0 atom stereocenters. The number of rotatable bonds is 2. The van der Waals surface area contributed by atoms with E-state index in [0.29, 0.717) is 6.54 Å². The molecule has 0 radical (unpaired) electrons. The third kappa shape index (κ3) is 1.62. The Balaban J connectivity index is 2.22. The summed E-state index contributed by atoms with van der Waals surface area (Å²) in [6.07, 6.45) is 1.74. The average Bonchev–Trinajstić information content (AvgIpc) is 2.93. The van der Waals surface area contributed by atoms with Gasteiger partial charge in [0.2, 0.25) is 0 Å². The highest BCUT2D eigenvalue weighted by Gasteiger charge is 2.11. The second kappa shape index (κ2) is 3.99. The van der Waals surface area contributed by atoms with Gasteiger partial charge in [-0.25, -0.2) is 4.98 Å². The van der Waals surface area contributed by atoms with Crippen LogP contribution in [0.3, 0.4) is 0 Å². The van der Waals surface area contributed by atoms with E-state index in [1.54, 1.807) is 6.26 Å². The number of aryl methyl sites for hydroxylation is 2. The van der Waals surface area contributed by atoms with Crippen LogP contribution in [0.5, 0.6) is 0 Å². The first kappa shape index (κ1) is 11.0. The molecule has 0 saturated heterocycles. The Hall–Kier alpha value is -2.07. The number of imidazole rings is 1. The summed E-state index contributed by atoms with van der Waals surface area (Å²) in [5.74, 6) is 1.80. The lowest BCUT2D eigenvalue weighted by molar-refractivity contribution is 0.534. The maximum Gasteiger partial charge on any atom is 0.144 e. The van der Waals surface area contributed by atoms with E-state index in [2.05, 4.69) is 15.6 Å². The van der Waals surface area contributed by atoms with Crippen molar-refractivity contribution < 1.29 is 4.42 Å². The minimum Gasteiger partial charge on any atom is -0.469 e. The Morgan fingerprint density at radius 1 is 1.33 bits per heavy atom. The van der Waals surface area contributed by atoms with Crippen molar-refractivity contribution in [2.45, 2.75) is 13.5 Å². The van der Waals surface area contributed by atoms with Gasteiger partial charge in [0.1, 0.15) is 17.8 Å². The van der Waals surface area contributed by atoms with Gasteiger partial charge in [-0.1, -0.05) is 6.07 Å². The molecule has 0 saturated carbocycles. The van der Waals surface area contributed by atoms with E-state index in [0.717, 1.165) is 33.7 Å². The summed E-state index contributed by atoms with van der Waals surface area (Å²) in [4.78, 5) is 4.65. The van der Waals surface area contributed by atoms with E-state index in [4.69, 9.17) is 10.2 Å². The van der Waals surface area contributed by atoms with E-state index in [1.807, 2.05) is 32.2 Å². The van der Waals surface area contributed by atoms with Gasteiger partial charge in [0.05, 0.1) is 16.6 Å². The molecular weight excluding hydrogens is 226 g/mol. The molecule has 0 amide bonds. The van der Waals surface area contributed by atoms with Crippen molar-refractivity contribution in [1.82, 2.24) is 9.55 Å². The quantitative estimate of drug-likeness (QED) is 0.750. The van der Waals surface area contributed by atoms with Gasteiger partial charge >= 0.3 is 0 Å². The second-order valence-electron chi connectivity index (χ2n) is 4.47. The lowest BCUT2D eigenvalue weighted by Gasteiger charge is -1.99. The first-order chi connectivity index (χ1) is 8.69. The minimum atomic E-state index is 0.534. The smallest absolute Gasteiger partial charge is 0.144 e. The Morgan fingerprint density at radius 2 is 2.17 bits per heavy atom. The normalized spacial score (nSPS) is 11.3. The topological polar surface area (TPSA) is 57.0 Å². The molecule has 1 aromatic carbocycles. The minimum absolute atomic E-state index is 0.534. The van der Waals surface area contributed by atoms with Gasteiger partial charge < -0.3 is 14.7 Å². The third-order valence-electron chi connectivity index (χ3n) is 3.17. The van der Waals surface area contributed by atoms with Crippen LogP contribution in [0.4, 0.5) is 0 Å². The van der Waals surface area contributed by atoms with Crippen LogP contribution in [0.15, 0.2) is 34.9 Å². The summed E-state index contributed by atoms with van der Waals surface area (Å²) in [7, 11) is 2.01. The van der Waals surface area contributed by atoms with Gasteiger partial charge in [0, 0.05) is 13.6 Å². The van der Waals surface area contributed by atoms with Gasteiger partial charge in [-0.3, -0.25) is 0 Å². The molecule has 0 aliphatic rings. The maximum absolute atomic E-state index is 5.65. The Bertz CT molecular complexity index is 709. The van der Waals surface area contributed by atoms with Crippen molar-refractivity contribution in [2.24, 2.45) is 12.8 Å². The molecule has 2 aromatic heterocycles. The van der Waals surface area contributed by atoms with E-state index >= 15 is 0 Å². The molecule has 2 N–H and O–H groups in total. The van der Waals surface area contributed by atoms with Crippen molar-refractivity contribution in [3.8, 4) is 11.4 Å². The fourth-order valence-electron chi connectivity index (χ4n) is 2.19. The average molecular weight is 241 g/mol. The van der Waals surface area contributed by atoms with E-state index < -0.39 is 0 Å². The monoisotopic (exact) mass is 241 g/mol.